The van der Waals surface area contributed by atoms with Crippen molar-refractivity contribution in [3.05, 3.63) is 39.7 Å². The van der Waals surface area contributed by atoms with Crippen LogP contribution in [0.25, 0.3) is 0 Å². The number of nitrogens with zero attached hydrogens (tertiary/aromatic N) is 2. The van der Waals surface area contributed by atoms with Crippen LogP contribution in [0.5, 0.6) is 0 Å². The number of benzene rings is 1. The summed E-state index contributed by atoms with van der Waals surface area (Å²) < 4.78 is 5.46. The predicted molar refractivity (Wildman–Crippen MR) is 77.5 cm³/mol. The van der Waals surface area contributed by atoms with Gasteiger partial charge in [-0.1, -0.05) is 41.0 Å². The fourth-order valence-electron chi connectivity index (χ4n) is 1.25. The van der Waals surface area contributed by atoms with Gasteiger partial charge >= 0.3 is 0 Å². The topological polar surface area (TPSA) is 38.9 Å². The Kier molecular flexibility index (Phi) is 5.24. The average Bonchev–Trinajstić information content (AvgIpc) is 2.79. The van der Waals surface area contributed by atoms with Gasteiger partial charge in [0.05, 0.1) is 15.8 Å². The minimum atomic E-state index is 0.559. The van der Waals surface area contributed by atoms with E-state index in [1.165, 1.54) is 11.8 Å². The molecule has 0 saturated carbocycles. The summed E-state index contributed by atoms with van der Waals surface area (Å²) in [7, 11) is 0. The molecular formula is C11H10Cl2N2OS2. The molecule has 7 heteroatoms. The average molecular weight is 321 g/mol. The zero-order valence-electron chi connectivity index (χ0n) is 9.52. The van der Waals surface area contributed by atoms with Crippen LogP contribution >= 0.6 is 46.7 Å². The predicted octanol–water partition coefficient (Wildman–Crippen LogP) is 4.53. The van der Waals surface area contributed by atoms with Gasteiger partial charge in [0.25, 0.3) is 5.22 Å². The van der Waals surface area contributed by atoms with E-state index in [0.29, 0.717) is 21.2 Å². The van der Waals surface area contributed by atoms with Gasteiger partial charge in [-0.15, -0.1) is 10.2 Å². The summed E-state index contributed by atoms with van der Waals surface area (Å²) in [6, 6.07) is 5.56. The van der Waals surface area contributed by atoms with Crippen molar-refractivity contribution in [2.24, 2.45) is 0 Å². The van der Waals surface area contributed by atoms with Gasteiger partial charge in [0.2, 0.25) is 5.89 Å². The minimum Gasteiger partial charge on any atom is -0.415 e. The number of rotatable bonds is 5. The third-order valence-electron chi connectivity index (χ3n) is 2.06. The maximum absolute atomic E-state index is 5.95. The van der Waals surface area contributed by atoms with Crippen LogP contribution in [-0.4, -0.2) is 16.5 Å². The molecule has 0 aliphatic carbocycles. The Hall–Kier alpha value is -0.360. The van der Waals surface area contributed by atoms with Crippen molar-refractivity contribution < 1.29 is 4.42 Å². The second kappa shape index (κ2) is 6.70. The zero-order chi connectivity index (χ0) is 13.0. The summed E-state index contributed by atoms with van der Waals surface area (Å²) >= 11 is 14.9. The normalized spacial score (nSPS) is 10.8. The van der Waals surface area contributed by atoms with Crippen LogP contribution in [0.1, 0.15) is 11.5 Å². The molecule has 0 fully saturated rings. The lowest BCUT2D eigenvalue weighted by molar-refractivity contribution is 0.426. The second-order valence-electron chi connectivity index (χ2n) is 3.43. The SMILES string of the molecule is CSCc1nnc(SCc2ccc(Cl)c(Cl)c2)o1. The maximum Gasteiger partial charge on any atom is 0.276 e. The summed E-state index contributed by atoms with van der Waals surface area (Å²) in [5.74, 6) is 2.11. The minimum absolute atomic E-state index is 0.559. The molecule has 2 rings (SSSR count). The second-order valence-corrected chi connectivity index (χ2v) is 6.04. The van der Waals surface area contributed by atoms with Crippen LogP contribution in [0.4, 0.5) is 0 Å². The van der Waals surface area contributed by atoms with Crippen molar-refractivity contribution in [2.45, 2.75) is 16.7 Å². The van der Waals surface area contributed by atoms with Crippen LogP contribution in [0.2, 0.25) is 10.0 Å². The van der Waals surface area contributed by atoms with Gasteiger partial charge < -0.3 is 4.42 Å². The first kappa shape index (κ1) is 14.1. The van der Waals surface area contributed by atoms with Crippen molar-refractivity contribution in [2.75, 3.05) is 6.26 Å². The van der Waals surface area contributed by atoms with E-state index in [1.807, 2.05) is 18.4 Å². The third-order valence-corrected chi connectivity index (χ3v) is 4.23. The van der Waals surface area contributed by atoms with Crippen molar-refractivity contribution in [1.82, 2.24) is 10.2 Å². The van der Waals surface area contributed by atoms with Crippen LogP contribution < -0.4 is 0 Å². The van der Waals surface area contributed by atoms with Crippen LogP contribution in [0.3, 0.4) is 0 Å². The molecule has 1 aromatic carbocycles. The molecule has 18 heavy (non-hydrogen) atoms. The van der Waals surface area contributed by atoms with Crippen LogP contribution in [0, 0.1) is 0 Å². The number of hydrogen-bond acceptors (Lipinski definition) is 5. The standard InChI is InChI=1S/C11H10Cl2N2OS2/c1-17-6-10-14-15-11(16-10)18-5-7-2-3-8(12)9(13)4-7/h2-4H,5-6H2,1H3. The first-order chi connectivity index (χ1) is 8.69. The van der Waals surface area contributed by atoms with Gasteiger partial charge in [-0.25, -0.2) is 0 Å². The van der Waals surface area contributed by atoms with E-state index in [-0.39, 0.29) is 0 Å². The number of hydrogen-bond donors (Lipinski definition) is 0. The Morgan fingerprint density at radius 3 is 2.72 bits per heavy atom. The molecule has 96 valence electrons. The highest BCUT2D eigenvalue weighted by atomic mass is 35.5. The quantitative estimate of drug-likeness (QED) is 0.757. The van der Waals surface area contributed by atoms with E-state index in [1.54, 1.807) is 17.8 Å². The lowest BCUT2D eigenvalue weighted by Crippen LogP contribution is -1.81. The molecule has 0 atom stereocenters. The van der Waals surface area contributed by atoms with Gasteiger partial charge in [-0.2, -0.15) is 11.8 Å². The summed E-state index contributed by atoms with van der Waals surface area (Å²) in [5, 5.41) is 9.60. The number of thioether (sulfide) groups is 2. The molecule has 0 spiro atoms. The largest absolute Gasteiger partial charge is 0.415 e. The molecule has 0 N–H and O–H groups in total. The molecule has 2 aromatic rings. The van der Waals surface area contributed by atoms with Crippen LogP contribution in [-0.2, 0) is 11.5 Å². The van der Waals surface area contributed by atoms with Gasteiger partial charge in [0.15, 0.2) is 0 Å². The van der Waals surface area contributed by atoms with E-state index >= 15 is 0 Å². The smallest absolute Gasteiger partial charge is 0.276 e. The number of aromatic nitrogens is 2. The Labute approximate surface area is 124 Å². The molecular weight excluding hydrogens is 311 g/mol. The zero-order valence-corrected chi connectivity index (χ0v) is 12.7. The van der Waals surface area contributed by atoms with Crippen molar-refractivity contribution in [1.29, 1.82) is 0 Å². The highest BCUT2D eigenvalue weighted by Crippen LogP contribution is 2.27. The van der Waals surface area contributed by atoms with Crippen LogP contribution in [0.15, 0.2) is 27.8 Å². The lowest BCUT2D eigenvalue weighted by Gasteiger charge is -2.00. The van der Waals surface area contributed by atoms with E-state index in [0.717, 1.165) is 17.1 Å². The molecule has 0 bridgehead atoms. The first-order valence-corrected chi connectivity index (χ1v) is 8.20. The Morgan fingerprint density at radius 1 is 1.17 bits per heavy atom. The molecule has 1 heterocycles. The van der Waals surface area contributed by atoms with E-state index in [9.17, 15) is 0 Å². The van der Waals surface area contributed by atoms with Gasteiger partial charge in [0.1, 0.15) is 0 Å². The fourth-order valence-corrected chi connectivity index (χ4v) is 2.66. The molecule has 0 unspecified atom stereocenters. The molecule has 1 aromatic heterocycles. The molecule has 0 aliphatic rings. The van der Waals surface area contributed by atoms with Gasteiger partial charge in [-0.3, -0.25) is 0 Å². The highest BCUT2D eigenvalue weighted by molar-refractivity contribution is 7.98. The van der Waals surface area contributed by atoms with Crippen molar-refractivity contribution in [3.63, 3.8) is 0 Å². The van der Waals surface area contributed by atoms with E-state index in [4.69, 9.17) is 27.6 Å². The fraction of sp³-hybridized carbons (Fsp3) is 0.273. The Bertz CT molecular complexity index is 534. The van der Waals surface area contributed by atoms with Gasteiger partial charge in [0, 0.05) is 5.75 Å². The van der Waals surface area contributed by atoms with Crippen molar-refractivity contribution >= 4 is 46.7 Å². The molecule has 0 aliphatic heterocycles. The first-order valence-electron chi connectivity index (χ1n) is 5.07. The van der Waals surface area contributed by atoms with Gasteiger partial charge in [-0.05, 0) is 24.0 Å². The summed E-state index contributed by atoms with van der Waals surface area (Å²) in [4.78, 5) is 0. The third kappa shape index (κ3) is 3.82. The summed E-state index contributed by atoms with van der Waals surface area (Å²) in [6.45, 7) is 0. The van der Waals surface area contributed by atoms with E-state index in [2.05, 4.69) is 10.2 Å². The molecule has 0 radical (unpaired) electrons. The molecule has 3 nitrogen and oxygen atoms in total. The maximum atomic E-state index is 5.95. The van der Waals surface area contributed by atoms with E-state index < -0.39 is 0 Å². The molecule has 0 saturated heterocycles. The number of halogens is 2. The van der Waals surface area contributed by atoms with Crippen molar-refractivity contribution in [3.8, 4) is 0 Å². The lowest BCUT2D eigenvalue weighted by atomic mass is 10.2. The monoisotopic (exact) mass is 320 g/mol. The summed E-state index contributed by atoms with van der Waals surface area (Å²) in [6.07, 6.45) is 1.99. The Morgan fingerprint density at radius 2 is 2.00 bits per heavy atom. The molecule has 0 amide bonds. The highest BCUT2D eigenvalue weighted by Gasteiger charge is 2.07. The summed E-state index contributed by atoms with van der Waals surface area (Å²) in [5.41, 5.74) is 1.07. The Balaban J connectivity index is 1.95.